The first-order valence-electron chi connectivity index (χ1n) is 7.63. The smallest absolute Gasteiger partial charge is 0.326 e. The van der Waals surface area contributed by atoms with Crippen molar-refractivity contribution in [2.45, 2.75) is 19.9 Å². The summed E-state index contributed by atoms with van der Waals surface area (Å²) < 4.78 is 10.7. The molecule has 2 heterocycles. The van der Waals surface area contributed by atoms with E-state index >= 15 is 0 Å². The summed E-state index contributed by atoms with van der Waals surface area (Å²) in [4.78, 5) is 36.1. The molecule has 138 valence electrons. The molecule has 0 bridgehead atoms. The number of carbonyl (C=O) groups excluding carboxylic acids is 2. The first kappa shape index (κ1) is 19.5. The Morgan fingerprint density at radius 2 is 1.96 bits per heavy atom. The quantitative estimate of drug-likeness (QED) is 0.587. The molecule has 0 fully saturated rings. The van der Waals surface area contributed by atoms with Crippen LogP contribution in [0.2, 0.25) is 0 Å². The molecule has 0 aliphatic rings. The van der Waals surface area contributed by atoms with Crippen LogP contribution in [0.25, 0.3) is 6.08 Å². The predicted octanol–water partition coefficient (Wildman–Crippen LogP) is 2.63. The average molecular weight is 425 g/mol. The van der Waals surface area contributed by atoms with E-state index in [-0.39, 0.29) is 17.4 Å². The Bertz CT molecular complexity index is 822. The number of nitrogens with one attached hydrogen (secondary N) is 2. The van der Waals surface area contributed by atoms with Crippen LogP contribution in [0, 0.1) is 5.92 Å². The largest absolute Gasteiger partial charge is 0.480 e. The van der Waals surface area contributed by atoms with Gasteiger partial charge in [0.05, 0.1) is 6.26 Å². The van der Waals surface area contributed by atoms with Gasteiger partial charge in [-0.3, -0.25) is 9.59 Å². The van der Waals surface area contributed by atoms with Crippen molar-refractivity contribution in [3.05, 3.63) is 52.4 Å². The molecule has 0 aliphatic heterocycles. The van der Waals surface area contributed by atoms with Crippen molar-refractivity contribution in [1.29, 1.82) is 0 Å². The topological polar surface area (TPSA) is 122 Å². The van der Waals surface area contributed by atoms with Gasteiger partial charge in [-0.15, -0.1) is 0 Å². The summed E-state index contributed by atoms with van der Waals surface area (Å²) in [6, 6.07) is 5.04. The molecule has 0 aromatic carbocycles. The van der Waals surface area contributed by atoms with Crippen LogP contribution in [0.5, 0.6) is 0 Å². The van der Waals surface area contributed by atoms with E-state index in [1.54, 1.807) is 26.0 Å². The molecule has 3 N–H and O–H groups in total. The Morgan fingerprint density at radius 1 is 1.23 bits per heavy atom. The molecule has 8 nitrogen and oxygen atoms in total. The highest BCUT2D eigenvalue weighted by Gasteiger charge is 2.26. The molecule has 9 heteroatoms. The standard InChI is InChI=1S/C17H17BrN2O6/c1-9(2)14(17(23)24)20-15(21)11(8-10-4-3-7-25-10)19-16(22)12-5-6-13(18)26-12/h3-9,14H,1-2H3,(H,19,22)(H,20,21)(H,23,24)/b11-8-/t14-/m0/s1. The lowest BCUT2D eigenvalue weighted by Gasteiger charge is -2.19. The first-order valence-corrected chi connectivity index (χ1v) is 8.42. The number of hydrogen-bond donors (Lipinski definition) is 3. The van der Waals surface area contributed by atoms with Gasteiger partial charge in [0.2, 0.25) is 0 Å². The van der Waals surface area contributed by atoms with Crippen LogP contribution >= 0.6 is 15.9 Å². The van der Waals surface area contributed by atoms with E-state index in [4.69, 9.17) is 8.83 Å². The normalized spacial score (nSPS) is 12.7. The minimum absolute atomic E-state index is 0.0198. The maximum Gasteiger partial charge on any atom is 0.326 e. The van der Waals surface area contributed by atoms with Gasteiger partial charge in [0.15, 0.2) is 10.4 Å². The summed E-state index contributed by atoms with van der Waals surface area (Å²) in [7, 11) is 0. The molecule has 2 aromatic rings. The summed E-state index contributed by atoms with van der Waals surface area (Å²) in [5.74, 6) is -2.66. The lowest BCUT2D eigenvalue weighted by atomic mass is 10.0. The fourth-order valence-electron chi connectivity index (χ4n) is 2.03. The number of furan rings is 2. The Balaban J connectivity index is 2.25. The van der Waals surface area contributed by atoms with Crippen LogP contribution in [0.4, 0.5) is 0 Å². The van der Waals surface area contributed by atoms with E-state index in [1.807, 2.05) is 0 Å². The molecule has 0 spiro atoms. The zero-order valence-corrected chi connectivity index (χ0v) is 15.6. The number of carboxylic acids is 1. The fourth-order valence-corrected chi connectivity index (χ4v) is 2.33. The Hall–Kier alpha value is -2.81. The predicted molar refractivity (Wildman–Crippen MR) is 95.0 cm³/mol. The monoisotopic (exact) mass is 424 g/mol. The minimum Gasteiger partial charge on any atom is -0.480 e. The number of rotatable bonds is 7. The van der Waals surface area contributed by atoms with Gasteiger partial charge in [0, 0.05) is 6.08 Å². The lowest BCUT2D eigenvalue weighted by Crippen LogP contribution is -2.47. The minimum atomic E-state index is -1.17. The second-order valence-electron chi connectivity index (χ2n) is 5.66. The number of hydrogen-bond acceptors (Lipinski definition) is 5. The average Bonchev–Trinajstić information content (AvgIpc) is 3.22. The number of carbonyl (C=O) groups is 3. The van der Waals surface area contributed by atoms with Crippen LogP contribution in [0.1, 0.15) is 30.2 Å². The number of halogens is 1. The second kappa shape index (κ2) is 8.52. The highest BCUT2D eigenvalue weighted by molar-refractivity contribution is 9.10. The van der Waals surface area contributed by atoms with E-state index in [0.717, 1.165) is 0 Å². The molecule has 0 unspecified atom stereocenters. The summed E-state index contributed by atoms with van der Waals surface area (Å²) >= 11 is 3.09. The van der Waals surface area contributed by atoms with E-state index in [9.17, 15) is 19.5 Å². The van der Waals surface area contributed by atoms with Crippen molar-refractivity contribution in [3.63, 3.8) is 0 Å². The van der Waals surface area contributed by atoms with Gasteiger partial charge in [-0.1, -0.05) is 13.8 Å². The second-order valence-corrected chi connectivity index (χ2v) is 6.45. The Labute approximate surface area is 157 Å². The number of amides is 2. The molecule has 1 atom stereocenters. The van der Waals surface area contributed by atoms with Gasteiger partial charge in [-0.2, -0.15) is 0 Å². The molecule has 0 radical (unpaired) electrons. The van der Waals surface area contributed by atoms with Crippen molar-refractivity contribution in [3.8, 4) is 0 Å². The molecule has 0 saturated heterocycles. The van der Waals surface area contributed by atoms with E-state index in [0.29, 0.717) is 10.4 Å². The van der Waals surface area contributed by atoms with Crippen LogP contribution in [-0.2, 0) is 9.59 Å². The molecular formula is C17H17BrN2O6. The zero-order valence-electron chi connectivity index (χ0n) is 14.0. The van der Waals surface area contributed by atoms with E-state index < -0.39 is 23.8 Å². The van der Waals surface area contributed by atoms with Crippen molar-refractivity contribution >= 4 is 39.8 Å². The van der Waals surface area contributed by atoms with Gasteiger partial charge in [-0.05, 0) is 46.1 Å². The molecule has 2 rings (SSSR count). The summed E-state index contributed by atoms with van der Waals surface area (Å²) in [6.45, 7) is 3.32. The summed E-state index contributed by atoms with van der Waals surface area (Å²) in [5.41, 5.74) is -0.177. The molecule has 2 amide bonds. The summed E-state index contributed by atoms with van der Waals surface area (Å²) in [5, 5.41) is 14.0. The third kappa shape index (κ3) is 5.09. The zero-order chi connectivity index (χ0) is 19.3. The van der Waals surface area contributed by atoms with Crippen molar-refractivity contribution in [2.75, 3.05) is 0 Å². The van der Waals surface area contributed by atoms with Gasteiger partial charge in [-0.25, -0.2) is 4.79 Å². The number of aliphatic carboxylic acids is 1. The van der Waals surface area contributed by atoms with Gasteiger partial charge in [0.1, 0.15) is 17.5 Å². The van der Waals surface area contributed by atoms with Crippen LogP contribution < -0.4 is 10.6 Å². The maximum absolute atomic E-state index is 12.5. The van der Waals surface area contributed by atoms with E-state index in [2.05, 4.69) is 26.6 Å². The molecule has 0 saturated carbocycles. The van der Waals surface area contributed by atoms with Gasteiger partial charge >= 0.3 is 5.97 Å². The highest BCUT2D eigenvalue weighted by Crippen LogP contribution is 2.15. The van der Waals surface area contributed by atoms with Gasteiger partial charge < -0.3 is 24.6 Å². The molecular weight excluding hydrogens is 408 g/mol. The van der Waals surface area contributed by atoms with Crippen molar-refractivity contribution in [1.82, 2.24) is 10.6 Å². The van der Waals surface area contributed by atoms with Crippen LogP contribution in [0.15, 0.2) is 49.7 Å². The number of carboxylic acid groups (broad SMARTS) is 1. The Morgan fingerprint density at radius 3 is 2.46 bits per heavy atom. The van der Waals surface area contributed by atoms with Crippen LogP contribution in [-0.4, -0.2) is 28.9 Å². The highest BCUT2D eigenvalue weighted by atomic mass is 79.9. The van der Waals surface area contributed by atoms with E-state index in [1.165, 1.54) is 24.5 Å². The third-order valence-electron chi connectivity index (χ3n) is 3.34. The van der Waals surface area contributed by atoms with Crippen molar-refractivity contribution in [2.24, 2.45) is 5.92 Å². The molecule has 26 heavy (non-hydrogen) atoms. The maximum atomic E-state index is 12.5. The SMILES string of the molecule is CC(C)[C@H](NC(=O)/C(=C/c1ccco1)NC(=O)c1ccc(Br)o1)C(=O)O. The third-order valence-corrected chi connectivity index (χ3v) is 3.77. The first-order chi connectivity index (χ1) is 12.3. The molecule has 0 aliphatic carbocycles. The fraction of sp³-hybridized carbons (Fsp3) is 0.235. The molecule has 2 aromatic heterocycles. The van der Waals surface area contributed by atoms with Gasteiger partial charge in [0.25, 0.3) is 11.8 Å². The Kier molecular flexibility index (Phi) is 6.40. The van der Waals surface area contributed by atoms with Crippen LogP contribution in [0.3, 0.4) is 0 Å². The van der Waals surface area contributed by atoms with Crippen molar-refractivity contribution < 1.29 is 28.3 Å². The summed E-state index contributed by atoms with van der Waals surface area (Å²) in [6.07, 6.45) is 2.70. The lowest BCUT2D eigenvalue weighted by molar-refractivity contribution is -0.142.